The Morgan fingerprint density at radius 1 is 1.13 bits per heavy atom. The maximum atomic E-state index is 13.8. The summed E-state index contributed by atoms with van der Waals surface area (Å²) in [6.07, 6.45) is 0.308. The molecule has 1 saturated heterocycles. The van der Waals surface area contributed by atoms with E-state index in [2.05, 4.69) is 21.1 Å². The highest BCUT2D eigenvalue weighted by atomic mass is 19.4. The lowest BCUT2D eigenvalue weighted by atomic mass is 10.1. The van der Waals surface area contributed by atoms with Crippen molar-refractivity contribution >= 4 is 11.6 Å². The third-order valence-electron chi connectivity index (χ3n) is 5.80. The van der Waals surface area contributed by atoms with Gasteiger partial charge in [0, 0.05) is 37.3 Å². The molecule has 2 aliphatic heterocycles. The van der Waals surface area contributed by atoms with Gasteiger partial charge in [0.1, 0.15) is 0 Å². The van der Waals surface area contributed by atoms with E-state index in [-0.39, 0.29) is 29.0 Å². The topological polar surface area (TPSA) is 53.7 Å². The number of alkyl halides is 3. The van der Waals surface area contributed by atoms with Crippen LogP contribution in [0, 0.1) is 6.92 Å². The van der Waals surface area contributed by atoms with Crippen LogP contribution in [0.1, 0.15) is 28.2 Å². The standard InChI is InChI=1S/C22H20F3N5O/c1-14-4-6-15(7-5-14)17-11-19(22(23,24)25)30-20(26-17)12-18(27-30)21(31)29-10-9-28-8-2-3-16(28)13-29/h2,4-8,11-12,16H,3,9-10,13H2,1H3. The van der Waals surface area contributed by atoms with E-state index in [0.29, 0.717) is 25.2 Å². The Morgan fingerprint density at radius 2 is 1.90 bits per heavy atom. The molecule has 1 atom stereocenters. The van der Waals surface area contributed by atoms with Crippen LogP contribution in [0.15, 0.2) is 48.7 Å². The number of carbonyl (C=O) groups excluding carboxylic acids is 1. The highest BCUT2D eigenvalue weighted by Crippen LogP contribution is 2.32. The monoisotopic (exact) mass is 427 g/mol. The van der Waals surface area contributed by atoms with Crippen molar-refractivity contribution in [3.05, 3.63) is 65.6 Å². The zero-order valence-corrected chi connectivity index (χ0v) is 16.8. The molecule has 1 aromatic carbocycles. The number of carbonyl (C=O) groups is 1. The number of piperazine rings is 1. The second-order valence-electron chi connectivity index (χ2n) is 7.95. The van der Waals surface area contributed by atoms with Gasteiger partial charge in [-0.15, -0.1) is 0 Å². The molecule has 31 heavy (non-hydrogen) atoms. The summed E-state index contributed by atoms with van der Waals surface area (Å²) in [7, 11) is 0. The van der Waals surface area contributed by atoms with Gasteiger partial charge < -0.3 is 9.80 Å². The van der Waals surface area contributed by atoms with Crippen molar-refractivity contribution in [1.29, 1.82) is 0 Å². The van der Waals surface area contributed by atoms with Gasteiger partial charge in [-0.2, -0.15) is 18.3 Å². The maximum Gasteiger partial charge on any atom is 0.433 e. The van der Waals surface area contributed by atoms with Gasteiger partial charge in [0.15, 0.2) is 17.0 Å². The molecule has 5 rings (SSSR count). The number of hydrogen-bond acceptors (Lipinski definition) is 4. The third kappa shape index (κ3) is 3.54. The van der Waals surface area contributed by atoms with Crippen molar-refractivity contribution in [2.45, 2.75) is 25.6 Å². The molecular formula is C22H20F3N5O. The zero-order valence-electron chi connectivity index (χ0n) is 16.8. The van der Waals surface area contributed by atoms with E-state index in [9.17, 15) is 18.0 Å². The van der Waals surface area contributed by atoms with E-state index < -0.39 is 11.9 Å². The Balaban J connectivity index is 1.53. The van der Waals surface area contributed by atoms with Crippen molar-refractivity contribution in [1.82, 2.24) is 24.4 Å². The Kier molecular flexibility index (Phi) is 4.49. The Hall–Kier alpha value is -3.36. The molecule has 0 radical (unpaired) electrons. The molecule has 1 amide bonds. The molecule has 2 aliphatic rings. The second-order valence-corrected chi connectivity index (χ2v) is 7.95. The smallest absolute Gasteiger partial charge is 0.371 e. The van der Waals surface area contributed by atoms with Gasteiger partial charge in [-0.05, 0) is 25.6 Å². The van der Waals surface area contributed by atoms with Crippen LogP contribution in [-0.2, 0) is 6.18 Å². The van der Waals surface area contributed by atoms with Gasteiger partial charge in [0.05, 0.1) is 5.69 Å². The van der Waals surface area contributed by atoms with E-state index in [4.69, 9.17) is 0 Å². The predicted octanol–water partition coefficient (Wildman–Crippen LogP) is 3.77. The lowest BCUT2D eigenvalue weighted by Gasteiger charge is -2.37. The van der Waals surface area contributed by atoms with Crippen LogP contribution < -0.4 is 0 Å². The van der Waals surface area contributed by atoms with Gasteiger partial charge in [-0.25, -0.2) is 9.50 Å². The van der Waals surface area contributed by atoms with Crippen molar-refractivity contribution in [2.24, 2.45) is 0 Å². The fourth-order valence-corrected chi connectivity index (χ4v) is 4.13. The fourth-order valence-electron chi connectivity index (χ4n) is 4.13. The zero-order chi connectivity index (χ0) is 21.8. The minimum Gasteiger partial charge on any atom is -0.371 e. The van der Waals surface area contributed by atoms with E-state index in [1.165, 1.54) is 6.07 Å². The quantitative estimate of drug-likeness (QED) is 0.625. The van der Waals surface area contributed by atoms with Crippen molar-refractivity contribution in [2.75, 3.05) is 19.6 Å². The lowest BCUT2D eigenvalue weighted by molar-refractivity contribution is -0.142. The Labute approximate surface area is 176 Å². The SMILES string of the molecule is Cc1ccc(-c2cc(C(F)(F)F)n3nc(C(=O)N4CCN5C=CCC5C4)cc3n2)cc1. The van der Waals surface area contributed by atoms with Crippen LogP contribution in [0.25, 0.3) is 16.9 Å². The van der Waals surface area contributed by atoms with Crippen LogP contribution in [0.3, 0.4) is 0 Å². The minimum atomic E-state index is -4.64. The second kappa shape index (κ2) is 7.11. The number of fused-ring (bicyclic) bond motifs is 2. The summed E-state index contributed by atoms with van der Waals surface area (Å²) in [6, 6.07) is 9.62. The van der Waals surface area contributed by atoms with Crippen LogP contribution in [0.2, 0.25) is 0 Å². The fraction of sp³-hybridized carbons (Fsp3) is 0.318. The number of aromatic nitrogens is 3. The van der Waals surface area contributed by atoms with Crippen molar-refractivity contribution in [3.63, 3.8) is 0 Å². The van der Waals surface area contributed by atoms with Gasteiger partial charge in [0.25, 0.3) is 5.91 Å². The number of nitrogens with zero attached hydrogens (tertiary/aromatic N) is 5. The molecule has 1 unspecified atom stereocenters. The molecule has 3 aromatic rings. The normalized spacial score (nSPS) is 18.6. The molecule has 2 aromatic heterocycles. The first-order valence-corrected chi connectivity index (χ1v) is 10.1. The van der Waals surface area contributed by atoms with E-state index in [1.807, 2.05) is 25.3 Å². The largest absolute Gasteiger partial charge is 0.433 e. The number of hydrogen-bond donors (Lipinski definition) is 0. The summed E-state index contributed by atoms with van der Waals surface area (Å²) in [4.78, 5) is 21.2. The average Bonchev–Trinajstić information content (AvgIpc) is 3.38. The molecule has 6 nitrogen and oxygen atoms in total. The van der Waals surface area contributed by atoms with E-state index >= 15 is 0 Å². The van der Waals surface area contributed by atoms with Crippen LogP contribution in [0.5, 0.6) is 0 Å². The number of rotatable bonds is 2. The van der Waals surface area contributed by atoms with Gasteiger partial charge >= 0.3 is 6.18 Å². The molecule has 0 saturated carbocycles. The first-order chi connectivity index (χ1) is 14.8. The summed E-state index contributed by atoms with van der Waals surface area (Å²) in [6.45, 7) is 3.62. The summed E-state index contributed by atoms with van der Waals surface area (Å²) in [5.41, 5.74) is 0.753. The summed E-state index contributed by atoms with van der Waals surface area (Å²) in [5.74, 6) is -0.373. The Bertz CT molecular complexity index is 1180. The average molecular weight is 427 g/mol. The van der Waals surface area contributed by atoms with E-state index in [0.717, 1.165) is 22.6 Å². The minimum absolute atomic E-state index is 0.00470. The van der Waals surface area contributed by atoms with Gasteiger partial charge in [-0.1, -0.05) is 35.9 Å². The van der Waals surface area contributed by atoms with E-state index in [1.54, 1.807) is 17.0 Å². The highest BCUT2D eigenvalue weighted by molar-refractivity contribution is 5.93. The summed E-state index contributed by atoms with van der Waals surface area (Å²) < 4.78 is 42.1. The summed E-state index contributed by atoms with van der Waals surface area (Å²) >= 11 is 0. The van der Waals surface area contributed by atoms with Crippen LogP contribution in [-0.4, -0.2) is 56.0 Å². The molecule has 1 fully saturated rings. The molecule has 0 aliphatic carbocycles. The number of benzene rings is 1. The molecule has 160 valence electrons. The van der Waals surface area contributed by atoms with Gasteiger partial charge in [-0.3, -0.25) is 4.79 Å². The predicted molar refractivity (Wildman–Crippen MR) is 108 cm³/mol. The van der Waals surface area contributed by atoms with Crippen LogP contribution >= 0.6 is 0 Å². The first kappa shape index (κ1) is 19.6. The molecule has 0 spiro atoms. The molecule has 4 heterocycles. The summed E-state index contributed by atoms with van der Waals surface area (Å²) in [5, 5.41) is 4.00. The van der Waals surface area contributed by atoms with Gasteiger partial charge in [0.2, 0.25) is 0 Å². The molecule has 0 bridgehead atoms. The molecule has 9 heteroatoms. The maximum absolute atomic E-state index is 13.8. The Morgan fingerprint density at radius 3 is 2.65 bits per heavy atom. The molecular weight excluding hydrogens is 407 g/mol. The number of halogens is 3. The molecule has 0 N–H and O–H groups in total. The highest BCUT2D eigenvalue weighted by Gasteiger charge is 2.36. The number of aryl methyl sites for hydroxylation is 1. The lowest BCUT2D eigenvalue weighted by Crippen LogP contribution is -2.51. The third-order valence-corrected chi connectivity index (χ3v) is 5.80. The number of amides is 1. The van der Waals surface area contributed by atoms with Crippen LogP contribution in [0.4, 0.5) is 13.2 Å². The van der Waals surface area contributed by atoms with Crippen molar-refractivity contribution in [3.8, 4) is 11.3 Å². The first-order valence-electron chi connectivity index (χ1n) is 10.1. The van der Waals surface area contributed by atoms with Crippen molar-refractivity contribution < 1.29 is 18.0 Å².